The molecule has 0 N–H and O–H groups in total. The highest BCUT2D eigenvalue weighted by Gasteiger charge is 2.37. The molecule has 2 nitrogen and oxygen atoms in total. The van der Waals surface area contributed by atoms with Crippen molar-refractivity contribution in [1.29, 1.82) is 0 Å². The van der Waals surface area contributed by atoms with Gasteiger partial charge in [0.1, 0.15) is 0 Å². The first-order valence-corrected chi connectivity index (χ1v) is 8.21. The van der Waals surface area contributed by atoms with Crippen molar-refractivity contribution in [3.63, 3.8) is 0 Å². The van der Waals surface area contributed by atoms with Gasteiger partial charge < -0.3 is 0 Å². The van der Waals surface area contributed by atoms with Crippen molar-refractivity contribution in [2.45, 2.75) is 18.0 Å². The van der Waals surface area contributed by atoms with Crippen LogP contribution in [0.3, 0.4) is 0 Å². The van der Waals surface area contributed by atoms with E-state index in [1.807, 2.05) is 0 Å². The van der Waals surface area contributed by atoms with E-state index in [0.29, 0.717) is 0 Å². The number of alkyl halides is 4. The number of rotatable bonds is 4. The Kier molecular flexibility index (Phi) is 5.31. The SMILES string of the molecule is CC(CCl)CS(=O)(=O)c1cc(Br)ccc1C(F)(F)F. The summed E-state index contributed by atoms with van der Waals surface area (Å²) in [6.07, 6.45) is -4.71. The predicted molar refractivity (Wildman–Crippen MR) is 71.1 cm³/mol. The third-order valence-electron chi connectivity index (χ3n) is 2.35. The van der Waals surface area contributed by atoms with Crippen molar-refractivity contribution in [3.05, 3.63) is 28.2 Å². The molecule has 0 bridgehead atoms. The molecule has 19 heavy (non-hydrogen) atoms. The fourth-order valence-electron chi connectivity index (χ4n) is 1.50. The van der Waals surface area contributed by atoms with Crippen LogP contribution in [0.4, 0.5) is 13.2 Å². The zero-order chi connectivity index (χ0) is 14.8. The topological polar surface area (TPSA) is 34.1 Å². The van der Waals surface area contributed by atoms with E-state index in [4.69, 9.17) is 11.6 Å². The van der Waals surface area contributed by atoms with E-state index in [0.717, 1.165) is 18.2 Å². The summed E-state index contributed by atoms with van der Waals surface area (Å²) in [4.78, 5) is -0.716. The van der Waals surface area contributed by atoms with E-state index >= 15 is 0 Å². The molecule has 0 aromatic heterocycles. The van der Waals surface area contributed by atoms with Gasteiger partial charge in [-0.1, -0.05) is 22.9 Å². The van der Waals surface area contributed by atoms with Crippen molar-refractivity contribution in [1.82, 2.24) is 0 Å². The molecule has 1 aromatic carbocycles. The highest BCUT2D eigenvalue weighted by atomic mass is 79.9. The van der Waals surface area contributed by atoms with Gasteiger partial charge in [0.2, 0.25) is 0 Å². The van der Waals surface area contributed by atoms with Crippen LogP contribution in [0, 0.1) is 5.92 Å². The van der Waals surface area contributed by atoms with Crippen LogP contribution in [-0.4, -0.2) is 20.1 Å². The molecule has 0 saturated heterocycles. The Bertz CT molecular complexity index is 558. The summed E-state index contributed by atoms with van der Waals surface area (Å²) in [5, 5.41) is 0. The summed E-state index contributed by atoms with van der Waals surface area (Å²) >= 11 is 8.49. The molecule has 1 unspecified atom stereocenters. The molecule has 0 amide bonds. The predicted octanol–water partition coefficient (Wildman–Crippen LogP) is 4.12. The average Bonchev–Trinajstić information content (AvgIpc) is 2.26. The lowest BCUT2D eigenvalue weighted by molar-refractivity contribution is -0.139. The van der Waals surface area contributed by atoms with E-state index < -0.39 is 38.1 Å². The molecule has 1 atom stereocenters. The Labute approximate surface area is 123 Å². The number of hydrogen-bond acceptors (Lipinski definition) is 2. The fourth-order valence-corrected chi connectivity index (χ4v) is 4.12. The molecule has 0 saturated carbocycles. The van der Waals surface area contributed by atoms with Gasteiger partial charge in [-0.2, -0.15) is 13.2 Å². The normalized spacial score (nSPS) is 14.4. The van der Waals surface area contributed by atoms with Crippen LogP contribution in [0.5, 0.6) is 0 Å². The smallest absolute Gasteiger partial charge is 0.224 e. The summed E-state index contributed by atoms with van der Waals surface area (Å²) in [6.45, 7) is 1.57. The minimum atomic E-state index is -4.71. The maximum atomic E-state index is 12.8. The second kappa shape index (κ2) is 6.01. The lowest BCUT2D eigenvalue weighted by Crippen LogP contribution is -2.19. The van der Waals surface area contributed by atoms with Crippen LogP contribution in [0.2, 0.25) is 0 Å². The highest BCUT2D eigenvalue weighted by Crippen LogP contribution is 2.36. The van der Waals surface area contributed by atoms with Gasteiger partial charge in [0, 0.05) is 10.4 Å². The number of hydrogen-bond donors (Lipinski definition) is 0. The molecule has 108 valence electrons. The molecule has 8 heteroatoms. The maximum absolute atomic E-state index is 12.8. The van der Waals surface area contributed by atoms with Crippen LogP contribution >= 0.6 is 27.5 Å². The van der Waals surface area contributed by atoms with Crippen molar-refractivity contribution < 1.29 is 21.6 Å². The molecular weight excluding hydrogens is 369 g/mol. The quantitative estimate of drug-likeness (QED) is 0.738. The number of halogens is 5. The van der Waals surface area contributed by atoms with Gasteiger partial charge in [-0.05, 0) is 24.1 Å². The first-order valence-electron chi connectivity index (χ1n) is 5.23. The molecule has 0 fully saturated rings. The molecule has 1 aromatic rings. The van der Waals surface area contributed by atoms with Crippen molar-refractivity contribution in [2.24, 2.45) is 5.92 Å². The van der Waals surface area contributed by atoms with E-state index in [1.165, 1.54) is 0 Å². The lowest BCUT2D eigenvalue weighted by Gasteiger charge is -2.15. The molecule has 0 aliphatic rings. The van der Waals surface area contributed by atoms with Gasteiger partial charge in [-0.15, -0.1) is 11.6 Å². The molecule has 0 radical (unpaired) electrons. The van der Waals surface area contributed by atoms with E-state index in [9.17, 15) is 21.6 Å². The Morgan fingerprint density at radius 2 is 1.95 bits per heavy atom. The van der Waals surface area contributed by atoms with Crippen LogP contribution in [0.25, 0.3) is 0 Å². The molecule has 1 rings (SSSR count). The third-order valence-corrected chi connectivity index (χ3v) is 5.39. The Morgan fingerprint density at radius 1 is 1.37 bits per heavy atom. The Hall–Kier alpha value is -0.270. The second-order valence-electron chi connectivity index (χ2n) is 4.18. The van der Waals surface area contributed by atoms with Crippen LogP contribution in [0.1, 0.15) is 12.5 Å². The first-order chi connectivity index (χ1) is 8.58. The standard InChI is InChI=1S/C11H11BrClF3O2S/c1-7(5-13)6-19(17,18)10-4-8(12)2-3-9(10)11(14,15)16/h2-4,7H,5-6H2,1H3. The van der Waals surface area contributed by atoms with Crippen LogP contribution in [0.15, 0.2) is 27.6 Å². The minimum Gasteiger partial charge on any atom is -0.224 e. The van der Waals surface area contributed by atoms with Gasteiger partial charge in [-0.25, -0.2) is 8.42 Å². The molecule has 0 aliphatic heterocycles. The maximum Gasteiger partial charge on any atom is 0.417 e. The zero-order valence-electron chi connectivity index (χ0n) is 9.84. The Balaban J connectivity index is 3.36. The molecule has 0 aliphatic carbocycles. The van der Waals surface area contributed by atoms with E-state index in [1.54, 1.807) is 6.92 Å². The summed E-state index contributed by atoms with van der Waals surface area (Å²) in [5.74, 6) is -0.781. The lowest BCUT2D eigenvalue weighted by atomic mass is 10.2. The Morgan fingerprint density at radius 3 is 2.42 bits per heavy atom. The molecule has 0 spiro atoms. The minimum absolute atomic E-state index is 0.0641. The van der Waals surface area contributed by atoms with Crippen LogP contribution < -0.4 is 0 Å². The highest BCUT2D eigenvalue weighted by molar-refractivity contribution is 9.10. The van der Waals surface area contributed by atoms with Gasteiger partial charge in [0.15, 0.2) is 9.84 Å². The van der Waals surface area contributed by atoms with E-state index in [-0.39, 0.29) is 10.4 Å². The third kappa shape index (κ3) is 4.36. The number of benzene rings is 1. The second-order valence-corrected chi connectivity index (χ2v) is 7.41. The molecular formula is C11H11BrClF3O2S. The largest absolute Gasteiger partial charge is 0.417 e. The summed E-state index contributed by atoms with van der Waals surface area (Å²) < 4.78 is 62.8. The summed E-state index contributed by atoms with van der Waals surface area (Å²) in [7, 11) is -4.04. The van der Waals surface area contributed by atoms with Crippen LogP contribution in [-0.2, 0) is 16.0 Å². The zero-order valence-corrected chi connectivity index (χ0v) is 13.0. The van der Waals surface area contributed by atoms with Crippen molar-refractivity contribution in [2.75, 3.05) is 11.6 Å². The average molecular weight is 380 g/mol. The number of sulfone groups is 1. The van der Waals surface area contributed by atoms with Gasteiger partial charge in [0.05, 0.1) is 16.2 Å². The summed E-state index contributed by atoms with van der Waals surface area (Å²) in [6, 6.07) is 2.88. The fraction of sp³-hybridized carbons (Fsp3) is 0.455. The monoisotopic (exact) mass is 378 g/mol. The van der Waals surface area contributed by atoms with Crippen molar-refractivity contribution in [3.8, 4) is 0 Å². The van der Waals surface area contributed by atoms with Gasteiger partial charge in [0.25, 0.3) is 0 Å². The van der Waals surface area contributed by atoms with Gasteiger partial charge in [-0.3, -0.25) is 0 Å². The van der Waals surface area contributed by atoms with Gasteiger partial charge >= 0.3 is 6.18 Å². The first kappa shape index (κ1) is 16.8. The van der Waals surface area contributed by atoms with Crippen molar-refractivity contribution >= 4 is 37.4 Å². The summed E-state index contributed by atoms with van der Waals surface area (Å²) in [5.41, 5.74) is -1.16. The molecule has 0 heterocycles. The van der Waals surface area contributed by atoms with E-state index in [2.05, 4.69) is 15.9 Å².